The van der Waals surface area contributed by atoms with E-state index in [1.54, 1.807) is 0 Å². The highest BCUT2D eigenvalue weighted by Crippen LogP contribution is 2.23. The van der Waals surface area contributed by atoms with Crippen molar-refractivity contribution in [2.24, 2.45) is 5.92 Å². The lowest BCUT2D eigenvalue weighted by atomic mass is 9.89. The van der Waals surface area contributed by atoms with Gasteiger partial charge >= 0.3 is 6.03 Å². The first-order valence-corrected chi connectivity index (χ1v) is 7.45. The number of hydrogen-bond donors (Lipinski definition) is 3. The zero-order valence-corrected chi connectivity index (χ0v) is 12.1. The molecule has 0 aromatic rings. The van der Waals surface area contributed by atoms with E-state index in [1.807, 2.05) is 13.8 Å². The van der Waals surface area contributed by atoms with Crippen molar-refractivity contribution in [1.82, 2.24) is 16.0 Å². The molecule has 1 unspecified atom stereocenters. The van der Waals surface area contributed by atoms with E-state index in [2.05, 4.69) is 16.0 Å². The maximum Gasteiger partial charge on any atom is 0.315 e. The van der Waals surface area contributed by atoms with Crippen molar-refractivity contribution in [1.29, 1.82) is 0 Å². The fourth-order valence-corrected chi connectivity index (χ4v) is 2.25. The van der Waals surface area contributed by atoms with Crippen LogP contribution < -0.4 is 16.0 Å². The van der Waals surface area contributed by atoms with Crippen molar-refractivity contribution < 1.29 is 9.59 Å². The molecule has 110 valence electrons. The van der Waals surface area contributed by atoms with Crippen LogP contribution in [0.5, 0.6) is 0 Å². The Morgan fingerprint density at radius 2 is 1.74 bits per heavy atom. The molecule has 3 amide bonds. The first kappa shape index (κ1) is 15.8. The van der Waals surface area contributed by atoms with Gasteiger partial charge in [-0.1, -0.05) is 26.2 Å². The van der Waals surface area contributed by atoms with Crippen LogP contribution in [0.4, 0.5) is 4.79 Å². The lowest BCUT2D eigenvalue weighted by Gasteiger charge is -2.20. The van der Waals surface area contributed by atoms with Crippen LogP contribution in [-0.2, 0) is 4.79 Å². The van der Waals surface area contributed by atoms with Gasteiger partial charge in [-0.2, -0.15) is 0 Å². The number of urea groups is 1. The number of nitrogens with one attached hydrogen (secondary N) is 3. The van der Waals surface area contributed by atoms with E-state index in [0.29, 0.717) is 13.1 Å². The molecule has 1 saturated carbocycles. The van der Waals surface area contributed by atoms with Crippen molar-refractivity contribution >= 4 is 11.9 Å². The summed E-state index contributed by atoms with van der Waals surface area (Å²) in [7, 11) is 0. The normalized spacial score (nSPS) is 17.6. The molecule has 19 heavy (non-hydrogen) atoms. The Balaban J connectivity index is 2.06. The molecule has 3 N–H and O–H groups in total. The quantitative estimate of drug-likeness (QED) is 0.643. The van der Waals surface area contributed by atoms with Gasteiger partial charge < -0.3 is 16.0 Å². The van der Waals surface area contributed by atoms with Crippen molar-refractivity contribution in [3.8, 4) is 0 Å². The first-order valence-electron chi connectivity index (χ1n) is 7.45. The van der Waals surface area contributed by atoms with Gasteiger partial charge in [0.05, 0.1) is 0 Å². The van der Waals surface area contributed by atoms with E-state index in [-0.39, 0.29) is 23.9 Å². The third-order valence-corrected chi connectivity index (χ3v) is 3.68. The zero-order valence-electron chi connectivity index (χ0n) is 12.1. The molecular weight excluding hydrogens is 242 g/mol. The van der Waals surface area contributed by atoms with Crippen molar-refractivity contribution in [2.75, 3.05) is 13.1 Å². The molecule has 0 bridgehead atoms. The average Bonchev–Trinajstić information content (AvgIpc) is 2.44. The molecule has 0 aromatic heterocycles. The van der Waals surface area contributed by atoms with Crippen LogP contribution in [0.15, 0.2) is 0 Å². The molecule has 1 rings (SSSR count). The molecule has 5 heteroatoms. The molecule has 5 nitrogen and oxygen atoms in total. The highest BCUT2D eigenvalue weighted by molar-refractivity contribution is 5.78. The lowest BCUT2D eigenvalue weighted by molar-refractivity contribution is -0.125. The number of hydrogen-bond acceptors (Lipinski definition) is 2. The number of amides is 3. The Bertz CT molecular complexity index is 288. The average molecular weight is 269 g/mol. The summed E-state index contributed by atoms with van der Waals surface area (Å²) < 4.78 is 0. The summed E-state index contributed by atoms with van der Waals surface area (Å²) in [4.78, 5) is 23.3. The van der Waals surface area contributed by atoms with Crippen LogP contribution in [0.25, 0.3) is 0 Å². The predicted molar refractivity (Wildman–Crippen MR) is 75.9 cm³/mol. The Morgan fingerprint density at radius 3 is 2.37 bits per heavy atom. The first-order chi connectivity index (χ1) is 9.13. The van der Waals surface area contributed by atoms with Crippen LogP contribution >= 0.6 is 0 Å². The molecule has 0 heterocycles. The fraction of sp³-hybridized carbons (Fsp3) is 0.857. The van der Waals surface area contributed by atoms with Crippen LogP contribution in [-0.4, -0.2) is 31.1 Å². The summed E-state index contributed by atoms with van der Waals surface area (Å²) in [6.45, 7) is 4.96. The summed E-state index contributed by atoms with van der Waals surface area (Å²) >= 11 is 0. The van der Waals surface area contributed by atoms with Crippen LogP contribution in [0.1, 0.15) is 52.4 Å². The number of carbonyl (C=O) groups is 2. The maximum atomic E-state index is 11.8. The standard InChI is InChI=1S/C14H27N3O2/c1-3-11(2)17-14(19)16-10-9-15-13(18)12-7-5-4-6-8-12/h11-12H,3-10H2,1-2H3,(H,15,18)(H2,16,17,19). The third-order valence-electron chi connectivity index (χ3n) is 3.68. The second kappa shape index (κ2) is 8.77. The largest absolute Gasteiger partial charge is 0.354 e. The van der Waals surface area contributed by atoms with Crippen LogP contribution in [0, 0.1) is 5.92 Å². The second-order valence-electron chi connectivity index (χ2n) is 5.34. The van der Waals surface area contributed by atoms with E-state index >= 15 is 0 Å². The van der Waals surface area contributed by atoms with E-state index in [1.165, 1.54) is 6.42 Å². The van der Waals surface area contributed by atoms with Gasteiger partial charge in [0.1, 0.15) is 0 Å². The number of rotatable bonds is 6. The van der Waals surface area contributed by atoms with Gasteiger partial charge in [0.15, 0.2) is 0 Å². The van der Waals surface area contributed by atoms with Gasteiger partial charge in [0.2, 0.25) is 5.91 Å². The second-order valence-corrected chi connectivity index (χ2v) is 5.34. The van der Waals surface area contributed by atoms with Crippen LogP contribution in [0.3, 0.4) is 0 Å². The summed E-state index contributed by atoms with van der Waals surface area (Å²) in [5.74, 6) is 0.325. The SMILES string of the molecule is CCC(C)NC(=O)NCCNC(=O)C1CCCCC1. The molecule has 1 fully saturated rings. The molecule has 1 aliphatic rings. The van der Waals surface area contributed by atoms with E-state index in [0.717, 1.165) is 32.1 Å². The van der Waals surface area contributed by atoms with Crippen LogP contribution in [0.2, 0.25) is 0 Å². The minimum absolute atomic E-state index is 0.142. The highest BCUT2D eigenvalue weighted by Gasteiger charge is 2.20. The molecular formula is C14H27N3O2. The summed E-state index contributed by atoms with van der Waals surface area (Å²) in [5.41, 5.74) is 0. The van der Waals surface area contributed by atoms with Gasteiger partial charge in [0, 0.05) is 25.0 Å². The van der Waals surface area contributed by atoms with E-state index in [4.69, 9.17) is 0 Å². The highest BCUT2D eigenvalue weighted by atomic mass is 16.2. The summed E-state index contributed by atoms with van der Waals surface area (Å²) in [5, 5.41) is 8.45. The minimum Gasteiger partial charge on any atom is -0.354 e. The molecule has 0 aliphatic heterocycles. The minimum atomic E-state index is -0.165. The smallest absolute Gasteiger partial charge is 0.315 e. The topological polar surface area (TPSA) is 70.2 Å². The molecule has 1 atom stereocenters. The van der Waals surface area contributed by atoms with Gasteiger partial charge in [-0.3, -0.25) is 4.79 Å². The predicted octanol–water partition coefficient (Wildman–Crippen LogP) is 1.78. The Kier molecular flexibility index (Phi) is 7.30. The van der Waals surface area contributed by atoms with Crippen molar-refractivity contribution in [3.63, 3.8) is 0 Å². The van der Waals surface area contributed by atoms with Gasteiger partial charge in [0.25, 0.3) is 0 Å². The van der Waals surface area contributed by atoms with E-state index < -0.39 is 0 Å². The Morgan fingerprint density at radius 1 is 1.11 bits per heavy atom. The van der Waals surface area contributed by atoms with Gasteiger partial charge in [-0.05, 0) is 26.2 Å². The van der Waals surface area contributed by atoms with Crippen molar-refractivity contribution in [2.45, 2.75) is 58.4 Å². The lowest BCUT2D eigenvalue weighted by Crippen LogP contribution is -2.44. The molecule has 0 radical (unpaired) electrons. The summed E-state index contributed by atoms with van der Waals surface area (Å²) in [6, 6.07) is 0.0121. The number of carbonyl (C=O) groups excluding carboxylic acids is 2. The molecule has 0 saturated heterocycles. The van der Waals surface area contributed by atoms with Crippen molar-refractivity contribution in [3.05, 3.63) is 0 Å². The molecule has 1 aliphatic carbocycles. The van der Waals surface area contributed by atoms with E-state index in [9.17, 15) is 9.59 Å². The third kappa shape index (κ3) is 6.45. The molecule has 0 aromatic carbocycles. The fourth-order valence-electron chi connectivity index (χ4n) is 2.25. The zero-order chi connectivity index (χ0) is 14.1. The maximum absolute atomic E-state index is 11.8. The molecule has 0 spiro atoms. The monoisotopic (exact) mass is 269 g/mol. The Hall–Kier alpha value is -1.26. The van der Waals surface area contributed by atoms with Gasteiger partial charge in [-0.25, -0.2) is 4.79 Å². The summed E-state index contributed by atoms with van der Waals surface area (Å²) in [6.07, 6.45) is 6.50. The Labute approximate surface area is 115 Å². The van der Waals surface area contributed by atoms with Gasteiger partial charge in [-0.15, -0.1) is 0 Å².